The zero-order chi connectivity index (χ0) is 17.2. The number of nitrogens with zero attached hydrogens (tertiary/aromatic N) is 1. The molecule has 1 aromatic carbocycles. The van der Waals surface area contributed by atoms with Gasteiger partial charge in [0.2, 0.25) is 15.6 Å². The van der Waals surface area contributed by atoms with Crippen LogP contribution in [0.2, 0.25) is 5.02 Å². The van der Waals surface area contributed by atoms with Crippen molar-refractivity contribution in [2.24, 2.45) is 0 Å². The first-order valence-corrected chi connectivity index (χ1v) is 8.71. The quantitative estimate of drug-likeness (QED) is 0.466. The number of hydrogen-bond donors (Lipinski definition) is 1. The van der Waals surface area contributed by atoms with E-state index in [1.807, 2.05) is 0 Å². The lowest BCUT2D eigenvalue weighted by Gasteiger charge is -2.00. The topological polar surface area (TPSA) is 118 Å². The van der Waals surface area contributed by atoms with E-state index in [0.29, 0.717) is 5.02 Å². The maximum absolute atomic E-state index is 12.3. The zero-order valence-electron chi connectivity index (χ0n) is 11.2. The van der Waals surface area contributed by atoms with Gasteiger partial charge in [-0.15, -0.1) is 11.3 Å². The highest BCUT2D eigenvalue weighted by molar-refractivity contribution is 7.91. The summed E-state index contributed by atoms with van der Waals surface area (Å²) in [5.74, 6) is -3.86. The lowest BCUT2D eigenvalue weighted by Crippen LogP contribution is -2.17. The van der Waals surface area contributed by atoms with Crippen molar-refractivity contribution < 1.29 is 27.9 Å². The highest BCUT2D eigenvalue weighted by atomic mass is 35.5. The Morgan fingerprint density at radius 3 is 2.35 bits per heavy atom. The second-order valence-electron chi connectivity index (χ2n) is 4.28. The van der Waals surface area contributed by atoms with Gasteiger partial charge in [0, 0.05) is 10.4 Å². The average molecular weight is 374 g/mol. The standard InChI is InChI=1S/C13H8ClNO6S2/c14-7-1-3-8(4-2-7)23(20,21)11-6-22-12(15-11)9(16)5-10(17)13(18)19/h1-4,6H,5H2,(H,18,19). The summed E-state index contributed by atoms with van der Waals surface area (Å²) in [4.78, 5) is 36.8. The number of sulfone groups is 1. The summed E-state index contributed by atoms with van der Waals surface area (Å²) < 4.78 is 24.7. The molecule has 2 aromatic rings. The van der Waals surface area contributed by atoms with E-state index in [9.17, 15) is 22.8 Å². The van der Waals surface area contributed by atoms with Gasteiger partial charge in [0.1, 0.15) is 0 Å². The molecular formula is C13H8ClNO6S2. The van der Waals surface area contributed by atoms with Gasteiger partial charge in [-0.05, 0) is 24.3 Å². The van der Waals surface area contributed by atoms with Crippen molar-refractivity contribution in [2.75, 3.05) is 0 Å². The van der Waals surface area contributed by atoms with Crippen LogP contribution >= 0.6 is 22.9 Å². The summed E-state index contributed by atoms with van der Waals surface area (Å²) in [5.41, 5.74) is 0. The van der Waals surface area contributed by atoms with Crippen molar-refractivity contribution in [2.45, 2.75) is 16.3 Å². The molecule has 1 heterocycles. The molecule has 0 radical (unpaired) electrons. The van der Waals surface area contributed by atoms with E-state index >= 15 is 0 Å². The minimum atomic E-state index is -3.93. The minimum Gasteiger partial charge on any atom is -0.475 e. The van der Waals surface area contributed by atoms with Gasteiger partial charge >= 0.3 is 5.97 Å². The molecule has 0 amide bonds. The molecule has 0 aliphatic carbocycles. The fourth-order valence-corrected chi connectivity index (χ4v) is 3.94. The number of carbonyl (C=O) groups excluding carboxylic acids is 2. The molecule has 120 valence electrons. The van der Waals surface area contributed by atoms with Gasteiger partial charge in [0.25, 0.3) is 0 Å². The van der Waals surface area contributed by atoms with Crippen LogP contribution in [0.25, 0.3) is 0 Å². The molecule has 0 fully saturated rings. The highest BCUT2D eigenvalue weighted by Gasteiger charge is 2.25. The number of carboxylic acids is 1. The van der Waals surface area contributed by atoms with E-state index in [1.54, 1.807) is 0 Å². The Morgan fingerprint density at radius 1 is 1.17 bits per heavy atom. The molecule has 0 saturated heterocycles. The molecule has 2 rings (SSSR count). The molecule has 0 spiro atoms. The lowest BCUT2D eigenvalue weighted by molar-refractivity contribution is -0.148. The number of rotatable bonds is 6. The summed E-state index contributed by atoms with van der Waals surface area (Å²) in [5, 5.41) is 9.38. The van der Waals surface area contributed by atoms with Gasteiger partial charge in [0.05, 0.1) is 11.3 Å². The molecule has 7 nitrogen and oxygen atoms in total. The van der Waals surface area contributed by atoms with Crippen molar-refractivity contribution >= 4 is 50.3 Å². The largest absolute Gasteiger partial charge is 0.475 e. The first kappa shape index (κ1) is 17.3. The second-order valence-corrected chi connectivity index (χ2v) is 7.47. The number of thiazole rings is 1. The SMILES string of the molecule is O=C(O)C(=O)CC(=O)c1nc(S(=O)(=O)c2ccc(Cl)cc2)cs1. The fourth-order valence-electron chi connectivity index (χ4n) is 1.54. The third-order valence-corrected chi connectivity index (χ3v) is 5.62. The predicted molar refractivity (Wildman–Crippen MR) is 80.6 cm³/mol. The third kappa shape index (κ3) is 3.81. The Bertz CT molecular complexity index is 885. The van der Waals surface area contributed by atoms with E-state index < -0.39 is 33.8 Å². The summed E-state index contributed by atoms with van der Waals surface area (Å²) in [6.45, 7) is 0. The summed E-state index contributed by atoms with van der Waals surface area (Å²) in [7, 11) is -3.93. The van der Waals surface area contributed by atoms with Gasteiger partial charge in [0.15, 0.2) is 15.8 Å². The zero-order valence-corrected chi connectivity index (χ0v) is 13.6. The Balaban J connectivity index is 2.28. The van der Waals surface area contributed by atoms with Crippen LogP contribution in [0.4, 0.5) is 0 Å². The van der Waals surface area contributed by atoms with E-state index in [2.05, 4.69) is 4.98 Å². The van der Waals surface area contributed by atoms with E-state index in [1.165, 1.54) is 24.3 Å². The Labute approximate surface area is 139 Å². The first-order chi connectivity index (χ1) is 10.7. The third-order valence-electron chi connectivity index (χ3n) is 2.68. The fraction of sp³-hybridized carbons (Fsp3) is 0.0769. The molecule has 23 heavy (non-hydrogen) atoms. The van der Waals surface area contributed by atoms with Crippen molar-refractivity contribution in [3.63, 3.8) is 0 Å². The van der Waals surface area contributed by atoms with Gasteiger partial charge in [-0.2, -0.15) is 0 Å². The number of aromatic nitrogens is 1. The van der Waals surface area contributed by atoms with Gasteiger partial charge in [-0.3, -0.25) is 9.59 Å². The number of ketones is 2. The van der Waals surface area contributed by atoms with E-state index in [4.69, 9.17) is 16.7 Å². The molecule has 1 N–H and O–H groups in total. The second kappa shape index (κ2) is 6.57. The van der Waals surface area contributed by atoms with E-state index in [-0.39, 0.29) is 14.9 Å². The van der Waals surface area contributed by atoms with Gasteiger partial charge in [-0.25, -0.2) is 18.2 Å². The molecule has 10 heteroatoms. The molecule has 0 atom stereocenters. The van der Waals surface area contributed by atoms with Crippen molar-refractivity contribution in [1.82, 2.24) is 4.98 Å². The summed E-state index contributed by atoms with van der Waals surface area (Å²) in [6.07, 6.45) is -0.872. The Hall–Kier alpha value is -2.10. The van der Waals surface area contributed by atoms with Crippen LogP contribution in [0.15, 0.2) is 39.6 Å². The first-order valence-electron chi connectivity index (χ1n) is 5.97. The number of halogens is 1. The maximum Gasteiger partial charge on any atom is 0.372 e. The van der Waals surface area contributed by atoms with Crippen molar-refractivity contribution in [3.05, 3.63) is 39.7 Å². The Kier molecular flexibility index (Phi) is 4.93. The van der Waals surface area contributed by atoms with Crippen LogP contribution < -0.4 is 0 Å². The maximum atomic E-state index is 12.3. The van der Waals surface area contributed by atoms with Crippen LogP contribution in [-0.2, 0) is 19.4 Å². The van der Waals surface area contributed by atoms with Crippen LogP contribution in [0.1, 0.15) is 16.2 Å². The number of aliphatic carboxylic acids is 1. The summed E-state index contributed by atoms with van der Waals surface area (Å²) in [6, 6.07) is 5.40. The monoisotopic (exact) mass is 373 g/mol. The minimum absolute atomic E-state index is 0.0483. The van der Waals surface area contributed by atoms with Gasteiger partial charge < -0.3 is 5.11 Å². The number of Topliss-reactive ketones (excluding diaryl/α,β-unsaturated/α-hetero) is 2. The van der Waals surface area contributed by atoms with Crippen LogP contribution in [-0.4, -0.2) is 36.0 Å². The highest BCUT2D eigenvalue weighted by Crippen LogP contribution is 2.24. The molecule has 0 saturated carbocycles. The number of carboxylic acid groups (broad SMARTS) is 1. The number of carbonyl (C=O) groups is 3. The average Bonchev–Trinajstić information content (AvgIpc) is 2.98. The van der Waals surface area contributed by atoms with Crippen molar-refractivity contribution in [1.29, 1.82) is 0 Å². The van der Waals surface area contributed by atoms with Crippen molar-refractivity contribution in [3.8, 4) is 0 Å². The number of benzene rings is 1. The molecule has 0 aliphatic rings. The molecule has 1 aromatic heterocycles. The molecule has 0 aliphatic heterocycles. The van der Waals surface area contributed by atoms with E-state index in [0.717, 1.165) is 16.7 Å². The molecular weight excluding hydrogens is 366 g/mol. The van der Waals surface area contributed by atoms with Crippen LogP contribution in [0, 0.1) is 0 Å². The normalized spacial score (nSPS) is 11.2. The molecule has 0 unspecified atom stereocenters. The lowest BCUT2D eigenvalue weighted by atomic mass is 10.2. The van der Waals surface area contributed by atoms with Crippen LogP contribution in [0.5, 0.6) is 0 Å². The number of hydrogen-bond acceptors (Lipinski definition) is 7. The smallest absolute Gasteiger partial charge is 0.372 e. The summed E-state index contributed by atoms with van der Waals surface area (Å²) >= 11 is 6.42. The predicted octanol–water partition coefficient (Wildman–Crippen LogP) is 1.86. The van der Waals surface area contributed by atoms with Crippen LogP contribution in [0.3, 0.4) is 0 Å². The molecule has 0 bridgehead atoms. The Morgan fingerprint density at radius 2 is 1.78 bits per heavy atom. The van der Waals surface area contributed by atoms with Gasteiger partial charge in [-0.1, -0.05) is 11.6 Å².